The summed E-state index contributed by atoms with van der Waals surface area (Å²) in [4.78, 5) is 13.8. The Labute approximate surface area is 127 Å². The van der Waals surface area contributed by atoms with Gasteiger partial charge in [0.1, 0.15) is 0 Å². The van der Waals surface area contributed by atoms with E-state index in [4.69, 9.17) is 9.97 Å². The van der Waals surface area contributed by atoms with E-state index < -0.39 is 0 Å². The van der Waals surface area contributed by atoms with Gasteiger partial charge in [-0.1, -0.05) is 0 Å². The van der Waals surface area contributed by atoms with Crippen LogP contribution >= 0.6 is 0 Å². The zero-order chi connectivity index (χ0) is 15.4. The lowest BCUT2D eigenvalue weighted by Crippen LogP contribution is -2.10. The first-order valence-electron chi connectivity index (χ1n) is 7.45. The van der Waals surface area contributed by atoms with Crippen LogP contribution in [0.15, 0.2) is 12.1 Å². The highest BCUT2D eigenvalue weighted by atomic mass is 14.9. The maximum absolute atomic E-state index is 4.71. The minimum absolute atomic E-state index is 0.802. The second-order valence-electron chi connectivity index (χ2n) is 5.54. The number of aromatic nitrogens is 3. The molecule has 0 aromatic carbocycles. The fraction of sp³-hybridized carbons (Fsp3) is 0.471. The molecule has 0 aliphatic heterocycles. The molecule has 0 radical (unpaired) electrons. The number of pyridine rings is 1. The lowest BCUT2D eigenvalue weighted by atomic mass is 10.1. The van der Waals surface area contributed by atoms with Gasteiger partial charge in [0.05, 0.1) is 0 Å². The van der Waals surface area contributed by atoms with Gasteiger partial charge < -0.3 is 5.32 Å². The molecular formula is C17H24N4. The van der Waals surface area contributed by atoms with E-state index >= 15 is 0 Å². The molecule has 1 N–H and O–H groups in total. The van der Waals surface area contributed by atoms with Crippen molar-refractivity contribution in [1.29, 1.82) is 0 Å². The standard InChI is InChI=1S/C17H24N4/c1-11-9-15(10-12(2)19-11)17-20-13(3)16(14(4)21-17)7-6-8-18-5/h9-10,18H,6-8H2,1-5H3. The third kappa shape index (κ3) is 3.85. The van der Waals surface area contributed by atoms with Crippen LogP contribution in [0.4, 0.5) is 0 Å². The maximum Gasteiger partial charge on any atom is 0.159 e. The quantitative estimate of drug-likeness (QED) is 0.858. The SMILES string of the molecule is CNCCCc1c(C)nc(-c2cc(C)nc(C)c2)nc1C. The molecule has 0 saturated carbocycles. The van der Waals surface area contributed by atoms with Crippen LogP contribution in [-0.4, -0.2) is 28.5 Å². The number of hydrogen-bond donors (Lipinski definition) is 1. The molecule has 2 rings (SSSR count). The first-order valence-corrected chi connectivity index (χ1v) is 7.45. The second-order valence-corrected chi connectivity index (χ2v) is 5.54. The first kappa shape index (κ1) is 15.6. The summed E-state index contributed by atoms with van der Waals surface area (Å²) in [6, 6.07) is 4.09. The summed E-state index contributed by atoms with van der Waals surface area (Å²) in [6.07, 6.45) is 2.13. The van der Waals surface area contributed by atoms with Crippen molar-refractivity contribution >= 4 is 0 Å². The Hall–Kier alpha value is -1.81. The number of nitrogens with one attached hydrogen (secondary N) is 1. The van der Waals surface area contributed by atoms with Crippen LogP contribution in [-0.2, 0) is 6.42 Å². The molecular weight excluding hydrogens is 260 g/mol. The largest absolute Gasteiger partial charge is 0.320 e. The highest BCUT2D eigenvalue weighted by molar-refractivity contribution is 5.56. The molecule has 0 aliphatic rings. The van der Waals surface area contributed by atoms with Crippen LogP contribution in [0.25, 0.3) is 11.4 Å². The summed E-state index contributed by atoms with van der Waals surface area (Å²) < 4.78 is 0. The summed E-state index contributed by atoms with van der Waals surface area (Å²) >= 11 is 0. The smallest absolute Gasteiger partial charge is 0.159 e. The van der Waals surface area contributed by atoms with Gasteiger partial charge in [-0.2, -0.15) is 0 Å². The van der Waals surface area contributed by atoms with Crippen molar-refractivity contribution in [1.82, 2.24) is 20.3 Å². The maximum atomic E-state index is 4.71. The van der Waals surface area contributed by atoms with Gasteiger partial charge in [0.2, 0.25) is 0 Å². The number of hydrogen-bond acceptors (Lipinski definition) is 4. The van der Waals surface area contributed by atoms with Gasteiger partial charge >= 0.3 is 0 Å². The second kappa shape index (κ2) is 6.76. The van der Waals surface area contributed by atoms with Crippen LogP contribution in [0.1, 0.15) is 34.8 Å². The molecule has 0 unspecified atom stereocenters. The van der Waals surface area contributed by atoms with E-state index in [2.05, 4.69) is 24.1 Å². The van der Waals surface area contributed by atoms with Crippen LogP contribution in [0, 0.1) is 27.7 Å². The Bertz CT molecular complexity index is 591. The van der Waals surface area contributed by atoms with Gasteiger partial charge in [-0.25, -0.2) is 9.97 Å². The minimum atomic E-state index is 0.802. The van der Waals surface area contributed by atoms with Gasteiger partial charge in [-0.3, -0.25) is 4.98 Å². The third-order valence-electron chi connectivity index (χ3n) is 3.61. The zero-order valence-corrected chi connectivity index (χ0v) is 13.6. The fourth-order valence-corrected chi connectivity index (χ4v) is 2.64. The average molecular weight is 284 g/mol. The van der Waals surface area contributed by atoms with E-state index in [1.54, 1.807) is 0 Å². The van der Waals surface area contributed by atoms with Crippen LogP contribution in [0.2, 0.25) is 0 Å². The molecule has 2 aromatic rings. The lowest BCUT2D eigenvalue weighted by molar-refractivity contribution is 0.715. The van der Waals surface area contributed by atoms with Gasteiger partial charge in [0.25, 0.3) is 0 Å². The molecule has 0 fully saturated rings. The summed E-state index contributed by atoms with van der Waals surface area (Å²) in [7, 11) is 1.98. The molecule has 112 valence electrons. The normalized spacial score (nSPS) is 10.9. The van der Waals surface area contributed by atoms with Crippen molar-refractivity contribution < 1.29 is 0 Å². The number of rotatable bonds is 5. The fourth-order valence-electron chi connectivity index (χ4n) is 2.64. The summed E-state index contributed by atoms with van der Waals surface area (Å²) in [5, 5.41) is 3.18. The molecule has 4 heteroatoms. The van der Waals surface area contributed by atoms with Crippen LogP contribution < -0.4 is 5.32 Å². The van der Waals surface area contributed by atoms with Crippen molar-refractivity contribution in [2.45, 2.75) is 40.5 Å². The van der Waals surface area contributed by atoms with E-state index in [9.17, 15) is 0 Å². The number of nitrogens with zero attached hydrogens (tertiary/aromatic N) is 3. The number of aryl methyl sites for hydroxylation is 4. The first-order chi connectivity index (χ1) is 10.0. The Morgan fingerprint density at radius 3 is 2.00 bits per heavy atom. The molecule has 2 heterocycles. The minimum Gasteiger partial charge on any atom is -0.320 e. The van der Waals surface area contributed by atoms with E-state index in [1.165, 1.54) is 5.56 Å². The molecule has 0 saturated heterocycles. The van der Waals surface area contributed by atoms with Crippen LogP contribution in [0.3, 0.4) is 0 Å². The van der Waals surface area contributed by atoms with Crippen molar-refractivity contribution in [2.75, 3.05) is 13.6 Å². The molecule has 0 bridgehead atoms. The average Bonchev–Trinajstić information content (AvgIpc) is 2.40. The van der Waals surface area contributed by atoms with Gasteiger partial charge in [-0.15, -0.1) is 0 Å². The molecule has 0 spiro atoms. The summed E-state index contributed by atoms with van der Waals surface area (Å²) in [5.74, 6) is 0.802. The predicted octanol–water partition coefficient (Wildman–Crippen LogP) is 2.92. The van der Waals surface area contributed by atoms with E-state index in [0.29, 0.717) is 0 Å². The van der Waals surface area contributed by atoms with E-state index in [-0.39, 0.29) is 0 Å². The lowest BCUT2D eigenvalue weighted by Gasteiger charge is -2.11. The Kier molecular flexibility index (Phi) is 5.02. The summed E-state index contributed by atoms with van der Waals surface area (Å²) in [6.45, 7) is 9.18. The van der Waals surface area contributed by atoms with Crippen molar-refractivity contribution in [3.05, 3.63) is 40.5 Å². The molecule has 0 aliphatic carbocycles. The van der Waals surface area contributed by atoms with Crippen molar-refractivity contribution in [3.63, 3.8) is 0 Å². The molecule has 0 amide bonds. The third-order valence-corrected chi connectivity index (χ3v) is 3.61. The molecule has 4 nitrogen and oxygen atoms in total. The Morgan fingerprint density at radius 2 is 1.48 bits per heavy atom. The van der Waals surface area contributed by atoms with Gasteiger partial charge in [0, 0.05) is 28.3 Å². The monoisotopic (exact) mass is 284 g/mol. The predicted molar refractivity (Wildman–Crippen MR) is 86.5 cm³/mol. The van der Waals surface area contributed by atoms with E-state index in [0.717, 1.165) is 53.5 Å². The van der Waals surface area contributed by atoms with Crippen LogP contribution in [0.5, 0.6) is 0 Å². The molecule has 2 aromatic heterocycles. The van der Waals surface area contributed by atoms with Crippen molar-refractivity contribution in [2.24, 2.45) is 0 Å². The molecule has 0 atom stereocenters. The van der Waals surface area contributed by atoms with E-state index in [1.807, 2.05) is 33.0 Å². The highest BCUT2D eigenvalue weighted by Crippen LogP contribution is 2.21. The van der Waals surface area contributed by atoms with Gasteiger partial charge in [-0.05, 0) is 71.8 Å². The Morgan fingerprint density at radius 1 is 0.905 bits per heavy atom. The highest BCUT2D eigenvalue weighted by Gasteiger charge is 2.10. The summed E-state index contributed by atoms with van der Waals surface area (Å²) in [5.41, 5.74) is 6.50. The van der Waals surface area contributed by atoms with Gasteiger partial charge in [0.15, 0.2) is 5.82 Å². The zero-order valence-electron chi connectivity index (χ0n) is 13.6. The topological polar surface area (TPSA) is 50.7 Å². The Balaban J connectivity index is 2.34. The molecule has 21 heavy (non-hydrogen) atoms. The van der Waals surface area contributed by atoms with Crippen molar-refractivity contribution in [3.8, 4) is 11.4 Å².